The maximum Gasteiger partial charge on any atom is 0.0564 e. The fraction of sp³-hybridized carbons (Fsp3) is 1.00. The van der Waals surface area contributed by atoms with Crippen molar-refractivity contribution in [3.63, 3.8) is 0 Å². The van der Waals surface area contributed by atoms with E-state index in [0.29, 0.717) is 5.92 Å². The van der Waals surface area contributed by atoms with Crippen LogP contribution in [0.2, 0.25) is 0 Å². The van der Waals surface area contributed by atoms with Crippen molar-refractivity contribution in [2.45, 2.75) is 33.3 Å². The largest absolute Gasteiger partial charge is 0.396 e. The zero-order valence-corrected chi connectivity index (χ0v) is 7.04. The van der Waals surface area contributed by atoms with Crippen LogP contribution in [0.1, 0.15) is 27.2 Å². The van der Waals surface area contributed by atoms with Gasteiger partial charge in [0.2, 0.25) is 0 Å². The molecule has 0 bridgehead atoms. The average Bonchev–Trinajstić information content (AvgIpc) is 1.88. The van der Waals surface area contributed by atoms with Crippen molar-refractivity contribution in [1.82, 2.24) is 0 Å². The highest BCUT2D eigenvalue weighted by Crippen LogP contribution is 2.17. The maximum absolute atomic E-state index is 9.15. The molecule has 0 rings (SSSR count). The van der Waals surface area contributed by atoms with E-state index in [4.69, 9.17) is 10.2 Å². The molecule has 0 spiro atoms. The molecule has 0 saturated carbocycles. The van der Waals surface area contributed by atoms with Crippen molar-refractivity contribution < 1.29 is 10.2 Å². The van der Waals surface area contributed by atoms with Gasteiger partial charge in [0.25, 0.3) is 0 Å². The first kappa shape index (κ1) is 9.92. The van der Waals surface area contributed by atoms with E-state index in [1.54, 1.807) is 6.92 Å². The molecule has 0 heterocycles. The third-order valence-electron chi connectivity index (χ3n) is 2.21. The lowest BCUT2D eigenvalue weighted by atomic mass is 9.88. The smallest absolute Gasteiger partial charge is 0.0564 e. The first-order chi connectivity index (χ1) is 4.63. The van der Waals surface area contributed by atoms with Gasteiger partial charge in [-0.1, -0.05) is 20.3 Å². The molecule has 0 fully saturated rings. The molecule has 0 amide bonds. The first-order valence-corrected chi connectivity index (χ1v) is 3.92. The second kappa shape index (κ2) is 4.69. The fourth-order valence-electron chi connectivity index (χ4n) is 1.11. The van der Waals surface area contributed by atoms with Gasteiger partial charge in [-0.25, -0.2) is 0 Å². The molecule has 2 nitrogen and oxygen atoms in total. The predicted octanol–water partition coefficient (Wildman–Crippen LogP) is 1.02. The van der Waals surface area contributed by atoms with E-state index in [1.165, 1.54) is 0 Å². The summed E-state index contributed by atoms with van der Waals surface area (Å²) in [6.45, 7) is 5.93. The first-order valence-electron chi connectivity index (χ1n) is 3.92. The lowest BCUT2D eigenvalue weighted by Gasteiger charge is -2.22. The van der Waals surface area contributed by atoms with Crippen LogP contribution < -0.4 is 0 Å². The molecule has 2 heteroatoms. The minimum absolute atomic E-state index is 0.0463. The van der Waals surface area contributed by atoms with Crippen molar-refractivity contribution in [2.75, 3.05) is 6.61 Å². The summed E-state index contributed by atoms with van der Waals surface area (Å²) >= 11 is 0. The van der Waals surface area contributed by atoms with Crippen molar-refractivity contribution in [1.29, 1.82) is 0 Å². The van der Waals surface area contributed by atoms with Gasteiger partial charge >= 0.3 is 0 Å². The van der Waals surface area contributed by atoms with E-state index in [9.17, 15) is 0 Å². The van der Waals surface area contributed by atoms with Gasteiger partial charge in [0.1, 0.15) is 0 Å². The SMILES string of the molecule is CC[C@H](C)[C@@H](CO)[C@H](C)O. The molecule has 0 aliphatic rings. The van der Waals surface area contributed by atoms with Gasteiger partial charge in [-0.3, -0.25) is 0 Å². The highest BCUT2D eigenvalue weighted by molar-refractivity contribution is 4.68. The number of hydrogen-bond donors (Lipinski definition) is 2. The van der Waals surface area contributed by atoms with Crippen LogP contribution in [-0.2, 0) is 0 Å². The molecule has 0 saturated heterocycles. The van der Waals surface area contributed by atoms with Crippen LogP contribution in [0.4, 0.5) is 0 Å². The van der Waals surface area contributed by atoms with Gasteiger partial charge in [-0.05, 0) is 12.8 Å². The molecule has 62 valence electrons. The molecule has 0 aliphatic carbocycles. The Labute approximate surface area is 62.9 Å². The number of rotatable bonds is 4. The van der Waals surface area contributed by atoms with Crippen molar-refractivity contribution in [3.05, 3.63) is 0 Å². The minimum atomic E-state index is -0.389. The summed E-state index contributed by atoms with van der Waals surface area (Å²) < 4.78 is 0. The molecule has 3 atom stereocenters. The van der Waals surface area contributed by atoms with Crippen LogP contribution in [0.15, 0.2) is 0 Å². The highest BCUT2D eigenvalue weighted by atomic mass is 16.3. The molecule has 0 unspecified atom stereocenters. The van der Waals surface area contributed by atoms with Crippen LogP contribution in [0.25, 0.3) is 0 Å². The Kier molecular flexibility index (Phi) is 4.65. The van der Waals surface area contributed by atoms with Gasteiger partial charge in [0.05, 0.1) is 6.10 Å². The van der Waals surface area contributed by atoms with Crippen LogP contribution in [0.3, 0.4) is 0 Å². The van der Waals surface area contributed by atoms with Gasteiger partial charge in [0, 0.05) is 12.5 Å². The maximum atomic E-state index is 9.15. The van der Waals surface area contributed by atoms with Gasteiger partial charge < -0.3 is 10.2 Å². The average molecular weight is 146 g/mol. The Balaban J connectivity index is 3.80. The van der Waals surface area contributed by atoms with Crippen LogP contribution in [0, 0.1) is 11.8 Å². The monoisotopic (exact) mass is 146 g/mol. The molecule has 0 aliphatic heterocycles. The van der Waals surface area contributed by atoms with Gasteiger partial charge in [-0.15, -0.1) is 0 Å². The Hall–Kier alpha value is -0.0800. The van der Waals surface area contributed by atoms with E-state index >= 15 is 0 Å². The van der Waals surface area contributed by atoms with E-state index in [0.717, 1.165) is 6.42 Å². The summed E-state index contributed by atoms with van der Waals surface area (Å²) in [4.78, 5) is 0. The summed E-state index contributed by atoms with van der Waals surface area (Å²) in [7, 11) is 0. The summed E-state index contributed by atoms with van der Waals surface area (Å²) in [5.74, 6) is 0.454. The number of aliphatic hydroxyl groups excluding tert-OH is 2. The second-order valence-electron chi connectivity index (χ2n) is 2.97. The Morgan fingerprint density at radius 3 is 1.90 bits per heavy atom. The summed E-state index contributed by atoms with van der Waals surface area (Å²) in [5, 5.41) is 18.0. The van der Waals surface area contributed by atoms with E-state index in [1.807, 2.05) is 6.92 Å². The Bertz CT molecular complexity index is 81.3. The predicted molar refractivity (Wildman–Crippen MR) is 41.7 cm³/mol. The number of hydrogen-bond acceptors (Lipinski definition) is 2. The van der Waals surface area contributed by atoms with Crippen LogP contribution in [-0.4, -0.2) is 22.9 Å². The van der Waals surface area contributed by atoms with E-state index in [2.05, 4.69) is 6.92 Å². The van der Waals surface area contributed by atoms with Gasteiger partial charge in [0.15, 0.2) is 0 Å². The number of aliphatic hydroxyl groups is 2. The molecule has 10 heavy (non-hydrogen) atoms. The van der Waals surface area contributed by atoms with Crippen molar-refractivity contribution >= 4 is 0 Å². The molecular formula is C8H18O2. The lowest BCUT2D eigenvalue weighted by Crippen LogP contribution is -2.26. The topological polar surface area (TPSA) is 40.5 Å². The third kappa shape index (κ3) is 2.67. The quantitative estimate of drug-likeness (QED) is 0.621. The molecule has 0 aromatic carbocycles. The Morgan fingerprint density at radius 1 is 1.30 bits per heavy atom. The standard InChI is InChI=1S/C8H18O2/c1-4-6(2)8(5-9)7(3)10/h6-10H,4-5H2,1-3H3/t6-,7-,8+/m0/s1. The molecule has 0 aromatic rings. The molecular weight excluding hydrogens is 128 g/mol. The lowest BCUT2D eigenvalue weighted by molar-refractivity contribution is 0.0482. The van der Waals surface area contributed by atoms with E-state index < -0.39 is 0 Å². The highest BCUT2D eigenvalue weighted by Gasteiger charge is 2.19. The molecule has 0 aromatic heterocycles. The molecule has 0 radical (unpaired) electrons. The summed E-state index contributed by atoms with van der Waals surface area (Å²) in [6.07, 6.45) is 0.621. The summed E-state index contributed by atoms with van der Waals surface area (Å²) in [5.41, 5.74) is 0. The van der Waals surface area contributed by atoms with Crippen molar-refractivity contribution in [2.24, 2.45) is 11.8 Å². The molecule has 2 N–H and O–H groups in total. The van der Waals surface area contributed by atoms with Crippen molar-refractivity contribution in [3.8, 4) is 0 Å². The van der Waals surface area contributed by atoms with Gasteiger partial charge in [-0.2, -0.15) is 0 Å². The third-order valence-corrected chi connectivity index (χ3v) is 2.21. The second-order valence-corrected chi connectivity index (χ2v) is 2.97. The van der Waals surface area contributed by atoms with Crippen LogP contribution >= 0.6 is 0 Å². The minimum Gasteiger partial charge on any atom is -0.396 e. The zero-order valence-electron chi connectivity index (χ0n) is 7.04. The van der Waals surface area contributed by atoms with E-state index in [-0.39, 0.29) is 18.6 Å². The Morgan fingerprint density at radius 2 is 1.80 bits per heavy atom. The van der Waals surface area contributed by atoms with Crippen LogP contribution in [0.5, 0.6) is 0 Å². The zero-order chi connectivity index (χ0) is 8.15. The normalized spacial score (nSPS) is 20.1. The fourth-order valence-corrected chi connectivity index (χ4v) is 1.11. The summed E-state index contributed by atoms with van der Waals surface area (Å²) in [6, 6.07) is 0.